The fraction of sp³-hybridized carbons (Fsp3) is 0.280. The minimum atomic E-state index is -3.87. The first-order valence-electron chi connectivity index (χ1n) is 17.5. The molecule has 3 amide bonds. The summed E-state index contributed by atoms with van der Waals surface area (Å²) in [6.45, 7) is -7.51. The summed E-state index contributed by atoms with van der Waals surface area (Å²) in [5, 5.41) is 3.97. The molecular formula is C25H25N5O4. The molecule has 2 aromatic carbocycles. The fourth-order valence-electron chi connectivity index (χ4n) is 3.20. The summed E-state index contributed by atoms with van der Waals surface area (Å²) in [6.07, 6.45) is -14.9. The van der Waals surface area contributed by atoms with E-state index in [1.807, 2.05) is 0 Å². The summed E-state index contributed by atoms with van der Waals surface area (Å²) in [5.74, 6) is -4.67. The third-order valence-electron chi connectivity index (χ3n) is 4.78. The van der Waals surface area contributed by atoms with E-state index >= 15 is 0 Å². The number of anilines is 2. The number of ether oxygens (including phenoxy) is 1. The second kappa shape index (κ2) is 8.66. The van der Waals surface area contributed by atoms with Crippen LogP contribution >= 0.6 is 0 Å². The van der Waals surface area contributed by atoms with Crippen molar-refractivity contribution in [2.75, 3.05) is 29.9 Å². The molecule has 1 saturated heterocycles. The standard InChI is InChI=1S/C25H25N5O4/c1-34-19-11-9-18(10-12-19)30-23-20(22(27-30)24(26)32)13-15-29(25(23)33)17-7-5-16(6-8-17)28-14-3-2-4-21(28)31/h5-12H,2-4,13-15H2,1H3,(H2,26,32)/i2D2,3D2,4D2,5D,6D,7D,8D,13D2,14D2,15D2. The van der Waals surface area contributed by atoms with Crippen LogP contribution in [0, 0.1) is 0 Å². The predicted octanol–water partition coefficient (Wildman–Crippen LogP) is 2.70. The number of rotatable bonds is 5. The molecule has 174 valence electrons. The van der Waals surface area contributed by atoms with Gasteiger partial charge in [-0.05, 0) is 67.6 Å². The number of hydrogen-bond donors (Lipinski definition) is 1. The molecule has 34 heavy (non-hydrogen) atoms. The third kappa shape index (κ3) is 3.68. The second-order valence-electron chi connectivity index (χ2n) is 6.75. The molecule has 0 spiro atoms. The van der Waals surface area contributed by atoms with Crippen LogP contribution < -0.4 is 20.3 Å². The van der Waals surface area contributed by atoms with Crippen molar-refractivity contribution in [3.8, 4) is 11.4 Å². The largest absolute Gasteiger partial charge is 0.497 e. The SMILES string of the molecule is [2H]c1c([2H])c(N2C(=O)C([2H])([2H])C([2H])([2H])C([2H])([2H])C2([2H])[2H])c([2H])c([2H])c1N1C(=O)c2c(c(C(N)=O)nn2-c2ccc(OC)cc2)C([2H])([2H])C1([2H])[2H]. The van der Waals surface area contributed by atoms with E-state index in [0.29, 0.717) is 5.75 Å². The molecule has 0 aliphatic carbocycles. The highest BCUT2D eigenvalue weighted by Crippen LogP contribution is 2.31. The summed E-state index contributed by atoms with van der Waals surface area (Å²) in [4.78, 5) is 39.6. The number of nitrogens with two attached hydrogens (primary N) is 1. The average Bonchev–Trinajstić information content (AvgIpc) is 3.44. The van der Waals surface area contributed by atoms with Crippen LogP contribution in [0.25, 0.3) is 5.69 Å². The minimum absolute atomic E-state index is 0.00487. The number of piperidine rings is 1. The Morgan fingerprint density at radius 1 is 1.00 bits per heavy atom. The van der Waals surface area contributed by atoms with E-state index in [4.69, 9.17) is 32.4 Å². The van der Waals surface area contributed by atoms with Crippen LogP contribution in [0.1, 0.15) is 67.6 Å². The molecule has 1 aromatic heterocycles. The summed E-state index contributed by atoms with van der Waals surface area (Å²) in [6, 6.07) is -0.146. The molecule has 1 fully saturated rings. The van der Waals surface area contributed by atoms with Gasteiger partial charge in [-0.25, -0.2) is 4.68 Å². The van der Waals surface area contributed by atoms with Crippen molar-refractivity contribution in [3.05, 3.63) is 65.4 Å². The number of carbonyl (C=O) groups is 3. The van der Waals surface area contributed by atoms with Crippen LogP contribution in [0.5, 0.6) is 5.75 Å². The van der Waals surface area contributed by atoms with E-state index in [1.54, 1.807) is 0 Å². The molecule has 0 unspecified atom stereocenters. The second-order valence-corrected chi connectivity index (χ2v) is 6.75. The molecule has 5 rings (SSSR count). The van der Waals surface area contributed by atoms with E-state index < -0.39 is 109 Å². The lowest BCUT2D eigenvalue weighted by atomic mass is 10.0. The van der Waals surface area contributed by atoms with E-state index in [0.717, 1.165) is 4.68 Å². The first-order chi connectivity index (χ1) is 22.7. The van der Waals surface area contributed by atoms with Gasteiger partial charge >= 0.3 is 0 Å². The molecule has 0 radical (unpaired) electrons. The number of primary amides is 1. The average molecular weight is 476 g/mol. The van der Waals surface area contributed by atoms with E-state index in [2.05, 4.69) is 5.10 Å². The van der Waals surface area contributed by atoms with Crippen molar-refractivity contribution in [2.24, 2.45) is 5.73 Å². The zero-order chi connectivity index (χ0) is 38.1. The molecule has 2 N–H and O–H groups in total. The Kier molecular flexibility index (Phi) is 2.55. The van der Waals surface area contributed by atoms with Gasteiger partial charge in [0.2, 0.25) is 5.91 Å². The van der Waals surface area contributed by atoms with Gasteiger partial charge in [0.1, 0.15) is 11.4 Å². The summed E-state index contributed by atoms with van der Waals surface area (Å²) in [7, 11) is 1.36. The molecule has 2 aliphatic heterocycles. The first kappa shape index (κ1) is 10.0. The van der Waals surface area contributed by atoms with Gasteiger partial charge in [0.05, 0.1) is 21.0 Å². The van der Waals surface area contributed by atoms with Crippen molar-refractivity contribution in [3.63, 3.8) is 0 Å². The Morgan fingerprint density at radius 2 is 1.68 bits per heavy atom. The fourth-order valence-corrected chi connectivity index (χ4v) is 3.20. The van der Waals surface area contributed by atoms with Gasteiger partial charge in [-0.1, -0.05) is 0 Å². The third-order valence-corrected chi connectivity index (χ3v) is 4.78. The van der Waals surface area contributed by atoms with Crippen molar-refractivity contribution < 1.29 is 41.1 Å². The Labute approximate surface area is 219 Å². The van der Waals surface area contributed by atoms with E-state index in [1.165, 1.54) is 31.4 Å². The molecule has 0 saturated carbocycles. The maximum atomic E-state index is 14.3. The highest BCUT2D eigenvalue weighted by Gasteiger charge is 2.34. The van der Waals surface area contributed by atoms with Crippen LogP contribution in [0.15, 0.2) is 48.4 Å². The van der Waals surface area contributed by atoms with Crippen LogP contribution in [0.4, 0.5) is 11.4 Å². The Morgan fingerprint density at radius 3 is 2.32 bits per heavy atom. The molecule has 9 nitrogen and oxygen atoms in total. The van der Waals surface area contributed by atoms with Crippen LogP contribution in [-0.4, -0.2) is 47.6 Å². The number of fused-ring (bicyclic) bond motifs is 1. The highest BCUT2D eigenvalue weighted by molar-refractivity contribution is 6.09. The predicted molar refractivity (Wildman–Crippen MR) is 127 cm³/mol. The van der Waals surface area contributed by atoms with E-state index in [9.17, 15) is 14.4 Å². The molecule has 2 aliphatic rings. The van der Waals surface area contributed by atoms with E-state index in [-0.39, 0.29) is 15.5 Å². The molecule has 9 heteroatoms. The van der Waals surface area contributed by atoms with Gasteiger partial charge in [-0.3, -0.25) is 14.4 Å². The van der Waals surface area contributed by atoms with Crippen molar-refractivity contribution in [2.45, 2.75) is 25.5 Å². The molecule has 3 heterocycles. The topological polar surface area (TPSA) is 111 Å². The van der Waals surface area contributed by atoms with Crippen molar-refractivity contribution in [1.82, 2.24) is 9.78 Å². The van der Waals surface area contributed by atoms with Gasteiger partial charge in [0, 0.05) is 50.0 Å². The summed E-state index contributed by atoms with van der Waals surface area (Å²) >= 11 is 0. The smallest absolute Gasteiger partial charge is 0.277 e. The lowest BCUT2D eigenvalue weighted by Crippen LogP contribution is -2.39. The molecule has 0 atom stereocenters. The van der Waals surface area contributed by atoms with Crippen LogP contribution in [0.3, 0.4) is 0 Å². The summed E-state index contributed by atoms with van der Waals surface area (Å²) in [5.41, 5.74) is 0.266. The number of methoxy groups -OCH3 is 1. The van der Waals surface area contributed by atoms with Gasteiger partial charge < -0.3 is 20.3 Å². The van der Waals surface area contributed by atoms with Gasteiger partial charge in [-0.15, -0.1) is 0 Å². The molecular weight excluding hydrogens is 434 g/mol. The van der Waals surface area contributed by atoms with Crippen molar-refractivity contribution in [1.29, 1.82) is 0 Å². The van der Waals surface area contributed by atoms with Gasteiger partial charge in [0.15, 0.2) is 5.69 Å². The lowest BCUT2D eigenvalue weighted by molar-refractivity contribution is -0.119. The first-order valence-corrected chi connectivity index (χ1v) is 9.55. The van der Waals surface area contributed by atoms with Crippen LogP contribution in [0.2, 0.25) is 0 Å². The zero-order valence-electron chi connectivity index (χ0n) is 33.3. The number of nitrogens with zero attached hydrogens (tertiary/aromatic N) is 4. The monoisotopic (exact) mass is 475 g/mol. The number of hydrogen-bond acceptors (Lipinski definition) is 5. The number of benzene rings is 2. The Bertz CT molecular complexity index is 1970. The molecule has 0 bridgehead atoms. The summed E-state index contributed by atoms with van der Waals surface area (Å²) < 4.78 is 140. The number of carbonyl (C=O) groups excluding carboxylic acids is 3. The number of amides is 3. The minimum Gasteiger partial charge on any atom is -0.497 e. The lowest BCUT2D eigenvalue weighted by Gasteiger charge is -2.29. The van der Waals surface area contributed by atoms with Gasteiger partial charge in [-0.2, -0.15) is 5.10 Å². The zero-order valence-corrected chi connectivity index (χ0v) is 17.3. The Hall–Kier alpha value is -4.14. The van der Waals surface area contributed by atoms with Crippen molar-refractivity contribution >= 4 is 29.1 Å². The van der Waals surface area contributed by atoms with Gasteiger partial charge in [0.25, 0.3) is 11.8 Å². The van der Waals surface area contributed by atoms with Crippen LogP contribution in [-0.2, 0) is 11.2 Å². The molecule has 3 aromatic rings. The number of aromatic nitrogens is 2. The maximum absolute atomic E-state index is 14.3. The quantitative estimate of drug-likeness (QED) is 0.610. The normalized spacial score (nSPS) is 31.7. The highest BCUT2D eigenvalue weighted by atomic mass is 16.5. The maximum Gasteiger partial charge on any atom is 0.277 e. The Balaban J connectivity index is 1.81.